The van der Waals surface area contributed by atoms with Crippen LogP contribution in [0, 0.1) is 0 Å². The van der Waals surface area contributed by atoms with Crippen LogP contribution in [0.2, 0.25) is 0 Å². The third kappa shape index (κ3) is 9.34. The molecule has 0 aromatic heterocycles. The number of nitrogens with one attached hydrogen (secondary N) is 1. The van der Waals surface area contributed by atoms with Crippen molar-refractivity contribution in [3.63, 3.8) is 0 Å². The van der Waals surface area contributed by atoms with Crippen molar-refractivity contribution in [2.45, 2.75) is 6.42 Å². The van der Waals surface area contributed by atoms with Crippen molar-refractivity contribution < 1.29 is 14.7 Å². The van der Waals surface area contributed by atoms with Crippen LogP contribution < -0.4 is 16.8 Å². The number of hydrogen-bond acceptors (Lipinski definition) is 5. The van der Waals surface area contributed by atoms with Crippen molar-refractivity contribution in [2.24, 2.45) is 11.5 Å². The molecular formula is C10H20N4O3. The second-order valence-electron chi connectivity index (χ2n) is 3.63. The second-order valence-corrected chi connectivity index (χ2v) is 3.63. The van der Waals surface area contributed by atoms with Crippen LogP contribution in [0.4, 0.5) is 0 Å². The van der Waals surface area contributed by atoms with Gasteiger partial charge < -0.3 is 21.9 Å². The molecule has 7 nitrogen and oxygen atoms in total. The van der Waals surface area contributed by atoms with Crippen LogP contribution in [-0.2, 0) is 9.59 Å². The lowest BCUT2D eigenvalue weighted by molar-refractivity contribution is -0.138. The molecule has 0 unspecified atom stereocenters. The van der Waals surface area contributed by atoms with E-state index >= 15 is 0 Å². The third-order valence-corrected chi connectivity index (χ3v) is 2.04. The summed E-state index contributed by atoms with van der Waals surface area (Å²) in [5, 5.41) is 11.3. The summed E-state index contributed by atoms with van der Waals surface area (Å²) in [6.07, 6.45) is 0.526. The number of hydrogen-bond donors (Lipinski definition) is 4. The molecule has 7 heteroatoms. The molecule has 0 aromatic carbocycles. The molecule has 98 valence electrons. The van der Waals surface area contributed by atoms with Crippen molar-refractivity contribution in [3.05, 3.63) is 12.3 Å². The van der Waals surface area contributed by atoms with Gasteiger partial charge in [0.1, 0.15) is 0 Å². The Hall–Kier alpha value is -1.60. The molecule has 0 aromatic rings. The van der Waals surface area contributed by atoms with E-state index in [1.807, 2.05) is 0 Å². The molecule has 1 amide bonds. The zero-order valence-electron chi connectivity index (χ0n) is 9.82. The summed E-state index contributed by atoms with van der Waals surface area (Å²) in [5.41, 5.74) is 11.0. The lowest BCUT2D eigenvalue weighted by Crippen LogP contribution is -2.40. The summed E-state index contributed by atoms with van der Waals surface area (Å²) >= 11 is 0. The summed E-state index contributed by atoms with van der Waals surface area (Å²) < 4.78 is 0. The van der Waals surface area contributed by atoms with E-state index in [9.17, 15) is 9.59 Å². The molecule has 0 bridgehead atoms. The lowest BCUT2D eigenvalue weighted by atomic mass is 10.3. The van der Waals surface area contributed by atoms with Gasteiger partial charge in [-0.25, -0.2) is 0 Å². The van der Waals surface area contributed by atoms with Gasteiger partial charge in [-0.2, -0.15) is 0 Å². The van der Waals surface area contributed by atoms with Gasteiger partial charge in [0.2, 0.25) is 5.91 Å². The predicted octanol–water partition coefficient (Wildman–Crippen LogP) is -1.69. The fraction of sp³-hybridized carbons (Fsp3) is 0.600. The van der Waals surface area contributed by atoms with Crippen LogP contribution in [-0.4, -0.2) is 54.6 Å². The normalized spacial score (nSPS) is 10.2. The van der Waals surface area contributed by atoms with E-state index in [1.165, 1.54) is 0 Å². The van der Waals surface area contributed by atoms with Crippen LogP contribution in [0.25, 0.3) is 0 Å². The minimum absolute atomic E-state index is 0.0709. The van der Waals surface area contributed by atoms with Gasteiger partial charge in [-0.15, -0.1) is 0 Å². The minimum Gasteiger partial charge on any atom is -0.480 e. The van der Waals surface area contributed by atoms with Crippen molar-refractivity contribution in [2.75, 3.05) is 32.7 Å². The van der Waals surface area contributed by atoms with Gasteiger partial charge in [0.15, 0.2) is 0 Å². The molecule has 0 atom stereocenters. The third-order valence-electron chi connectivity index (χ3n) is 2.04. The highest BCUT2D eigenvalue weighted by Gasteiger charge is 2.09. The summed E-state index contributed by atoms with van der Waals surface area (Å²) in [7, 11) is 0. The Morgan fingerprint density at radius 1 is 1.35 bits per heavy atom. The van der Waals surface area contributed by atoms with Gasteiger partial charge in [0.25, 0.3) is 0 Å². The molecule has 0 fully saturated rings. The molecule has 0 heterocycles. The first-order valence-corrected chi connectivity index (χ1v) is 5.30. The molecule has 0 aliphatic carbocycles. The maximum absolute atomic E-state index is 10.9. The molecule has 0 radical (unpaired) electrons. The Morgan fingerprint density at radius 3 is 2.47 bits per heavy atom. The molecule has 6 N–H and O–H groups in total. The summed E-state index contributed by atoms with van der Waals surface area (Å²) in [5.74, 6) is -1.18. The standard InChI is InChI=1S/C10H20N4O3/c1-8(12)2-4-14(7-10(16)17)5-3-13-9(15)6-11/h1-7,11-12H2,(H,13,15)(H,16,17). The van der Waals surface area contributed by atoms with Crippen molar-refractivity contribution >= 4 is 11.9 Å². The Labute approximate surface area is 100 Å². The van der Waals surface area contributed by atoms with Crippen molar-refractivity contribution in [1.82, 2.24) is 10.2 Å². The zero-order chi connectivity index (χ0) is 13.3. The van der Waals surface area contributed by atoms with Crippen molar-refractivity contribution in [3.8, 4) is 0 Å². The molecule has 0 spiro atoms. The lowest BCUT2D eigenvalue weighted by Gasteiger charge is -2.20. The van der Waals surface area contributed by atoms with Gasteiger partial charge in [-0.1, -0.05) is 6.58 Å². The van der Waals surface area contributed by atoms with Gasteiger partial charge in [0, 0.05) is 25.3 Å². The number of nitrogens with two attached hydrogens (primary N) is 2. The number of carbonyl (C=O) groups excluding carboxylic acids is 1. The average molecular weight is 244 g/mol. The molecule has 0 rings (SSSR count). The van der Waals surface area contributed by atoms with E-state index in [-0.39, 0.29) is 19.0 Å². The molecule has 0 aliphatic heterocycles. The average Bonchev–Trinajstić information content (AvgIpc) is 2.24. The van der Waals surface area contributed by atoms with Gasteiger partial charge >= 0.3 is 5.97 Å². The van der Waals surface area contributed by atoms with E-state index in [0.29, 0.717) is 31.8 Å². The molecule has 17 heavy (non-hydrogen) atoms. The maximum atomic E-state index is 10.9. The van der Waals surface area contributed by atoms with E-state index in [0.717, 1.165) is 0 Å². The van der Waals surface area contributed by atoms with Gasteiger partial charge in [-0.05, 0) is 6.42 Å². The largest absolute Gasteiger partial charge is 0.480 e. The Balaban J connectivity index is 3.96. The van der Waals surface area contributed by atoms with E-state index < -0.39 is 5.97 Å². The van der Waals surface area contributed by atoms with E-state index in [1.54, 1.807) is 4.90 Å². The number of amides is 1. The minimum atomic E-state index is -0.919. The number of carboxylic acids is 1. The number of nitrogens with zero attached hydrogens (tertiary/aromatic N) is 1. The fourth-order valence-corrected chi connectivity index (χ4v) is 1.19. The van der Waals surface area contributed by atoms with Crippen LogP contribution in [0.15, 0.2) is 12.3 Å². The summed E-state index contributed by atoms with van der Waals surface area (Å²) in [6.45, 7) is 4.68. The zero-order valence-corrected chi connectivity index (χ0v) is 9.82. The first kappa shape index (κ1) is 15.4. The van der Waals surface area contributed by atoms with Gasteiger partial charge in [-0.3, -0.25) is 14.5 Å². The highest BCUT2D eigenvalue weighted by atomic mass is 16.4. The van der Waals surface area contributed by atoms with Crippen LogP contribution in [0.5, 0.6) is 0 Å². The fourth-order valence-electron chi connectivity index (χ4n) is 1.19. The topological polar surface area (TPSA) is 122 Å². The Morgan fingerprint density at radius 2 is 2.00 bits per heavy atom. The Bertz CT molecular complexity index is 281. The van der Waals surface area contributed by atoms with E-state index in [4.69, 9.17) is 16.6 Å². The van der Waals surface area contributed by atoms with Crippen LogP contribution >= 0.6 is 0 Å². The monoisotopic (exact) mass is 244 g/mol. The smallest absolute Gasteiger partial charge is 0.317 e. The Kier molecular flexibility index (Phi) is 7.74. The van der Waals surface area contributed by atoms with Crippen LogP contribution in [0.1, 0.15) is 6.42 Å². The molecule has 0 saturated carbocycles. The summed E-state index contributed by atoms with van der Waals surface area (Å²) in [4.78, 5) is 23.2. The quantitative estimate of drug-likeness (QED) is 0.384. The highest BCUT2D eigenvalue weighted by Crippen LogP contribution is 1.95. The van der Waals surface area contributed by atoms with Crippen LogP contribution in [0.3, 0.4) is 0 Å². The highest BCUT2D eigenvalue weighted by molar-refractivity contribution is 5.77. The number of aliphatic carboxylic acids is 1. The van der Waals surface area contributed by atoms with Gasteiger partial charge in [0.05, 0.1) is 13.1 Å². The van der Waals surface area contributed by atoms with E-state index in [2.05, 4.69) is 11.9 Å². The predicted molar refractivity (Wildman–Crippen MR) is 64.1 cm³/mol. The number of rotatable bonds is 9. The maximum Gasteiger partial charge on any atom is 0.317 e. The number of carbonyl (C=O) groups is 2. The first-order chi connectivity index (χ1) is 7.95. The number of carboxylic acid groups (broad SMARTS) is 1. The molecule has 0 aliphatic rings. The molecular weight excluding hydrogens is 224 g/mol. The first-order valence-electron chi connectivity index (χ1n) is 5.30. The van der Waals surface area contributed by atoms with Crippen molar-refractivity contribution in [1.29, 1.82) is 0 Å². The summed E-state index contributed by atoms with van der Waals surface area (Å²) in [6, 6.07) is 0. The second kappa shape index (κ2) is 8.54. The molecule has 0 saturated heterocycles. The SMILES string of the molecule is C=C(N)CCN(CCNC(=O)CN)CC(=O)O.